The number of benzene rings is 1. The molecule has 1 heterocycles. The van der Waals surface area contributed by atoms with E-state index in [-0.39, 0.29) is 6.04 Å². The van der Waals surface area contributed by atoms with Gasteiger partial charge in [0.2, 0.25) is 0 Å². The van der Waals surface area contributed by atoms with E-state index in [1.54, 1.807) is 0 Å². The zero-order valence-corrected chi connectivity index (χ0v) is 12.3. The second kappa shape index (κ2) is 6.55. The molecule has 4 heteroatoms. The van der Waals surface area contributed by atoms with Gasteiger partial charge >= 0.3 is 0 Å². The summed E-state index contributed by atoms with van der Waals surface area (Å²) in [5.74, 6) is 1.52. The van der Waals surface area contributed by atoms with Crippen molar-refractivity contribution in [3.8, 4) is 5.75 Å². The summed E-state index contributed by atoms with van der Waals surface area (Å²) in [4.78, 5) is 0. The lowest BCUT2D eigenvalue weighted by molar-refractivity contribution is 0.0497. The molecule has 1 aliphatic rings. The molecule has 100 valence electrons. The molecule has 1 fully saturated rings. The smallest absolute Gasteiger partial charge is 0.120 e. The number of nitrogens with two attached hydrogens (primary N) is 1. The van der Waals surface area contributed by atoms with E-state index in [1.165, 1.54) is 0 Å². The van der Waals surface area contributed by atoms with Gasteiger partial charge in [-0.05, 0) is 43.4 Å². The summed E-state index contributed by atoms with van der Waals surface area (Å²) in [5.41, 5.74) is 6.98. The molecule has 0 saturated carbocycles. The summed E-state index contributed by atoms with van der Waals surface area (Å²) in [7, 11) is 0. The van der Waals surface area contributed by atoms with Crippen LogP contribution in [-0.4, -0.2) is 19.8 Å². The Morgan fingerprint density at radius 3 is 2.78 bits per heavy atom. The molecule has 0 amide bonds. The molecule has 0 unspecified atom stereocenters. The van der Waals surface area contributed by atoms with E-state index in [4.69, 9.17) is 15.2 Å². The fraction of sp³-hybridized carbons (Fsp3) is 0.571. The van der Waals surface area contributed by atoms with E-state index in [0.717, 1.165) is 48.4 Å². The molecule has 18 heavy (non-hydrogen) atoms. The van der Waals surface area contributed by atoms with E-state index >= 15 is 0 Å². The van der Waals surface area contributed by atoms with Gasteiger partial charge in [-0.25, -0.2) is 0 Å². The molecule has 1 aromatic rings. The van der Waals surface area contributed by atoms with Crippen LogP contribution in [-0.2, 0) is 4.74 Å². The first-order chi connectivity index (χ1) is 8.66. The van der Waals surface area contributed by atoms with Gasteiger partial charge in [0.15, 0.2) is 0 Å². The van der Waals surface area contributed by atoms with Crippen molar-refractivity contribution >= 4 is 15.9 Å². The molecule has 0 radical (unpaired) electrons. The first-order valence-corrected chi connectivity index (χ1v) is 7.21. The lowest BCUT2D eigenvalue weighted by Gasteiger charge is -2.22. The SMILES string of the molecule is C[C@H](N)c1ccc(OCC2CCOCC2)cc1Br. The zero-order chi connectivity index (χ0) is 13.0. The third kappa shape index (κ3) is 3.70. The molecule has 3 nitrogen and oxygen atoms in total. The highest BCUT2D eigenvalue weighted by Crippen LogP contribution is 2.27. The quantitative estimate of drug-likeness (QED) is 0.927. The van der Waals surface area contributed by atoms with Gasteiger partial charge in [0.1, 0.15) is 5.75 Å². The molecule has 0 spiro atoms. The Balaban J connectivity index is 1.91. The van der Waals surface area contributed by atoms with Crippen molar-refractivity contribution in [3.05, 3.63) is 28.2 Å². The fourth-order valence-corrected chi connectivity index (χ4v) is 2.81. The van der Waals surface area contributed by atoms with E-state index in [9.17, 15) is 0 Å². The average Bonchev–Trinajstić information content (AvgIpc) is 2.37. The number of ether oxygens (including phenoxy) is 2. The summed E-state index contributed by atoms with van der Waals surface area (Å²) < 4.78 is 12.2. The van der Waals surface area contributed by atoms with E-state index < -0.39 is 0 Å². The largest absolute Gasteiger partial charge is 0.493 e. The van der Waals surface area contributed by atoms with Crippen LogP contribution in [0.5, 0.6) is 5.75 Å². The molecule has 0 bridgehead atoms. The summed E-state index contributed by atoms with van der Waals surface area (Å²) in [5, 5.41) is 0. The maximum atomic E-state index is 5.87. The maximum absolute atomic E-state index is 5.87. The van der Waals surface area contributed by atoms with Gasteiger partial charge in [-0.3, -0.25) is 0 Å². The van der Waals surface area contributed by atoms with Crippen molar-refractivity contribution in [2.45, 2.75) is 25.8 Å². The number of rotatable bonds is 4. The Hall–Kier alpha value is -0.580. The van der Waals surface area contributed by atoms with Gasteiger partial charge in [0.25, 0.3) is 0 Å². The van der Waals surface area contributed by atoms with Crippen LogP contribution in [0.3, 0.4) is 0 Å². The molecule has 1 aromatic carbocycles. The number of hydrogen-bond donors (Lipinski definition) is 1. The minimum atomic E-state index is 0.0314. The molecule has 0 aliphatic carbocycles. The highest BCUT2D eigenvalue weighted by molar-refractivity contribution is 9.10. The third-order valence-corrected chi connectivity index (χ3v) is 3.98. The van der Waals surface area contributed by atoms with Gasteiger partial charge in [0.05, 0.1) is 6.61 Å². The summed E-state index contributed by atoms with van der Waals surface area (Å²) >= 11 is 3.53. The highest BCUT2D eigenvalue weighted by atomic mass is 79.9. The second-order valence-electron chi connectivity index (χ2n) is 4.84. The van der Waals surface area contributed by atoms with Gasteiger partial charge in [-0.1, -0.05) is 22.0 Å². The number of halogens is 1. The van der Waals surface area contributed by atoms with Crippen LogP contribution in [0.2, 0.25) is 0 Å². The van der Waals surface area contributed by atoms with Crippen LogP contribution in [0.4, 0.5) is 0 Å². The Morgan fingerprint density at radius 2 is 2.17 bits per heavy atom. The van der Waals surface area contributed by atoms with Crippen LogP contribution in [0, 0.1) is 5.92 Å². The Bertz CT molecular complexity index is 389. The maximum Gasteiger partial charge on any atom is 0.120 e. The normalized spacial score (nSPS) is 18.6. The van der Waals surface area contributed by atoms with Crippen molar-refractivity contribution in [1.29, 1.82) is 0 Å². The Morgan fingerprint density at radius 1 is 1.44 bits per heavy atom. The Kier molecular flexibility index (Phi) is 5.03. The monoisotopic (exact) mass is 313 g/mol. The van der Waals surface area contributed by atoms with Gasteiger partial charge in [0, 0.05) is 23.7 Å². The first kappa shape index (κ1) is 13.8. The van der Waals surface area contributed by atoms with Gasteiger partial charge < -0.3 is 15.2 Å². The lowest BCUT2D eigenvalue weighted by atomic mass is 10.0. The van der Waals surface area contributed by atoms with Gasteiger partial charge in [-0.2, -0.15) is 0 Å². The van der Waals surface area contributed by atoms with Crippen LogP contribution < -0.4 is 10.5 Å². The fourth-order valence-electron chi connectivity index (χ4n) is 2.09. The first-order valence-electron chi connectivity index (χ1n) is 6.42. The topological polar surface area (TPSA) is 44.5 Å². The zero-order valence-electron chi connectivity index (χ0n) is 10.7. The van der Waals surface area contributed by atoms with Crippen LogP contribution >= 0.6 is 15.9 Å². The summed E-state index contributed by atoms with van der Waals surface area (Å²) in [6, 6.07) is 6.04. The molecular weight excluding hydrogens is 294 g/mol. The average molecular weight is 314 g/mol. The van der Waals surface area contributed by atoms with Crippen molar-refractivity contribution < 1.29 is 9.47 Å². The van der Waals surface area contributed by atoms with Crippen molar-refractivity contribution in [2.75, 3.05) is 19.8 Å². The molecule has 0 aromatic heterocycles. The standard InChI is InChI=1S/C14H20BrNO2/c1-10(16)13-3-2-12(8-14(13)15)18-9-11-4-6-17-7-5-11/h2-3,8,10-11H,4-7,9,16H2,1H3/t10-/m0/s1. The van der Waals surface area contributed by atoms with Crippen LogP contribution in [0.1, 0.15) is 31.4 Å². The van der Waals surface area contributed by atoms with Crippen LogP contribution in [0.15, 0.2) is 22.7 Å². The molecule has 1 aliphatic heterocycles. The van der Waals surface area contributed by atoms with Crippen molar-refractivity contribution in [1.82, 2.24) is 0 Å². The van der Waals surface area contributed by atoms with E-state index in [2.05, 4.69) is 15.9 Å². The minimum Gasteiger partial charge on any atom is -0.493 e. The van der Waals surface area contributed by atoms with Crippen LogP contribution in [0.25, 0.3) is 0 Å². The minimum absolute atomic E-state index is 0.0314. The molecule has 2 rings (SSSR count). The van der Waals surface area contributed by atoms with Crippen molar-refractivity contribution in [3.63, 3.8) is 0 Å². The molecule has 1 saturated heterocycles. The molecule has 2 N–H and O–H groups in total. The van der Waals surface area contributed by atoms with E-state index in [0.29, 0.717) is 5.92 Å². The predicted octanol–water partition coefficient (Wildman–Crippen LogP) is 3.27. The number of hydrogen-bond acceptors (Lipinski definition) is 3. The summed E-state index contributed by atoms with van der Waals surface area (Å²) in [6.45, 7) is 4.47. The van der Waals surface area contributed by atoms with Gasteiger partial charge in [-0.15, -0.1) is 0 Å². The Labute approximate surface area is 117 Å². The van der Waals surface area contributed by atoms with E-state index in [1.807, 2.05) is 25.1 Å². The van der Waals surface area contributed by atoms with Crippen molar-refractivity contribution in [2.24, 2.45) is 11.7 Å². The summed E-state index contributed by atoms with van der Waals surface area (Å²) in [6.07, 6.45) is 2.19. The predicted molar refractivity (Wildman–Crippen MR) is 75.8 cm³/mol. The molecule has 1 atom stereocenters. The third-order valence-electron chi connectivity index (χ3n) is 3.29. The molecular formula is C14H20BrNO2. The lowest BCUT2D eigenvalue weighted by Crippen LogP contribution is -2.21. The second-order valence-corrected chi connectivity index (χ2v) is 5.69. The highest BCUT2D eigenvalue weighted by Gasteiger charge is 2.14.